The van der Waals surface area contributed by atoms with Crippen molar-refractivity contribution in [2.75, 3.05) is 5.32 Å². The van der Waals surface area contributed by atoms with Gasteiger partial charge in [0.15, 0.2) is 0 Å². The molecule has 33 heavy (non-hydrogen) atoms. The molecule has 0 radical (unpaired) electrons. The molecule has 5 nitrogen and oxygen atoms in total. The van der Waals surface area contributed by atoms with Crippen molar-refractivity contribution in [1.82, 2.24) is 10.3 Å². The molecule has 3 aromatic carbocycles. The first kappa shape index (κ1) is 22.8. The van der Waals surface area contributed by atoms with Gasteiger partial charge in [-0.2, -0.15) is 0 Å². The number of anilines is 1. The first-order valence-electron chi connectivity index (χ1n) is 10.4. The minimum Gasteiger partial charge on any atom is -0.350 e. The lowest BCUT2D eigenvalue weighted by Crippen LogP contribution is -2.30. The second kappa shape index (κ2) is 9.61. The number of nitrogens with one attached hydrogen (secondary N) is 2. The molecule has 1 heterocycles. The smallest absolute Gasteiger partial charge is 0.257 e. The van der Waals surface area contributed by atoms with E-state index in [1.165, 1.54) is 12.1 Å². The number of fused-ring (bicyclic) bond motifs is 1. The maximum absolute atomic E-state index is 12.9. The molecule has 0 saturated heterocycles. The fraction of sp³-hybridized carbons (Fsp3) is 0.115. The Balaban J connectivity index is 1.61. The summed E-state index contributed by atoms with van der Waals surface area (Å²) in [7, 11) is 0. The van der Waals surface area contributed by atoms with Crippen LogP contribution in [0, 0.1) is 0 Å². The van der Waals surface area contributed by atoms with Gasteiger partial charge in [0.1, 0.15) is 0 Å². The zero-order valence-electron chi connectivity index (χ0n) is 18.0. The van der Waals surface area contributed by atoms with Crippen molar-refractivity contribution < 1.29 is 9.59 Å². The second-order valence-corrected chi connectivity index (χ2v) is 8.67. The van der Waals surface area contributed by atoms with Gasteiger partial charge in [-0.05, 0) is 61.7 Å². The molecule has 4 aromatic rings. The molecular weight excluding hydrogens is 457 g/mol. The Kier molecular flexibility index (Phi) is 6.63. The molecule has 0 spiro atoms. The van der Waals surface area contributed by atoms with Crippen LogP contribution in [-0.4, -0.2) is 22.8 Å². The molecule has 0 bridgehead atoms. The third-order valence-electron chi connectivity index (χ3n) is 5.05. The predicted octanol–water partition coefficient (Wildman–Crippen LogP) is 6.60. The highest BCUT2D eigenvalue weighted by Crippen LogP contribution is 2.34. The van der Waals surface area contributed by atoms with Gasteiger partial charge in [0, 0.05) is 34.4 Å². The number of pyridine rings is 1. The molecule has 0 fully saturated rings. The number of rotatable bonds is 5. The molecule has 7 heteroatoms. The van der Waals surface area contributed by atoms with Crippen molar-refractivity contribution in [2.24, 2.45) is 0 Å². The van der Waals surface area contributed by atoms with Crippen LogP contribution in [0.3, 0.4) is 0 Å². The molecule has 0 aliphatic rings. The summed E-state index contributed by atoms with van der Waals surface area (Å²) in [4.78, 5) is 29.6. The summed E-state index contributed by atoms with van der Waals surface area (Å²) in [5.41, 5.74) is 2.64. The van der Waals surface area contributed by atoms with Gasteiger partial charge >= 0.3 is 0 Å². The number of halogens is 2. The van der Waals surface area contributed by atoms with E-state index >= 15 is 0 Å². The van der Waals surface area contributed by atoms with Crippen LogP contribution in [0.4, 0.5) is 5.69 Å². The SMILES string of the molecule is CC(C)NC(=O)c1ccc(C(=O)Nc2ccc(Cl)c(-c3nccc4ccccc34)c2)c(Cl)c1. The predicted molar refractivity (Wildman–Crippen MR) is 134 cm³/mol. The van der Waals surface area contributed by atoms with Gasteiger partial charge in [0.2, 0.25) is 0 Å². The van der Waals surface area contributed by atoms with Gasteiger partial charge in [0.25, 0.3) is 11.8 Å². The van der Waals surface area contributed by atoms with Gasteiger partial charge < -0.3 is 10.6 Å². The van der Waals surface area contributed by atoms with Crippen molar-refractivity contribution in [3.63, 3.8) is 0 Å². The highest BCUT2D eigenvalue weighted by Gasteiger charge is 2.16. The zero-order valence-corrected chi connectivity index (χ0v) is 19.5. The normalized spacial score (nSPS) is 10.9. The Labute approximate surface area is 201 Å². The van der Waals surface area contributed by atoms with E-state index in [4.69, 9.17) is 23.2 Å². The van der Waals surface area contributed by atoms with Crippen LogP contribution in [0.25, 0.3) is 22.0 Å². The molecule has 2 amide bonds. The maximum atomic E-state index is 12.9. The first-order valence-corrected chi connectivity index (χ1v) is 11.1. The van der Waals surface area contributed by atoms with E-state index < -0.39 is 5.91 Å². The topological polar surface area (TPSA) is 71.1 Å². The Morgan fingerprint density at radius 2 is 1.67 bits per heavy atom. The number of hydrogen-bond acceptors (Lipinski definition) is 3. The van der Waals surface area contributed by atoms with Crippen molar-refractivity contribution >= 4 is 51.5 Å². The summed E-state index contributed by atoms with van der Waals surface area (Å²) in [6.07, 6.45) is 1.73. The third kappa shape index (κ3) is 5.00. The molecule has 2 N–H and O–H groups in total. The Hall–Kier alpha value is -3.41. The average molecular weight is 478 g/mol. The minimum absolute atomic E-state index is 0.00502. The number of nitrogens with zero attached hydrogens (tertiary/aromatic N) is 1. The van der Waals surface area contributed by atoms with E-state index in [1.807, 2.05) is 44.2 Å². The molecular formula is C26H21Cl2N3O2. The van der Waals surface area contributed by atoms with E-state index in [-0.39, 0.29) is 22.5 Å². The lowest BCUT2D eigenvalue weighted by atomic mass is 10.0. The molecule has 1 aromatic heterocycles. The average Bonchev–Trinajstić information content (AvgIpc) is 2.79. The molecule has 0 aliphatic carbocycles. The summed E-state index contributed by atoms with van der Waals surface area (Å²) in [5, 5.41) is 8.37. The lowest BCUT2D eigenvalue weighted by molar-refractivity contribution is 0.0941. The van der Waals surface area contributed by atoms with Crippen molar-refractivity contribution in [3.8, 4) is 11.3 Å². The van der Waals surface area contributed by atoms with Gasteiger partial charge in [-0.25, -0.2) is 0 Å². The van der Waals surface area contributed by atoms with Gasteiger partial charge in [-0.1, -0.05) is 47.5 Å². The number of carbonyl (C=O) groups is 2. The van der Waals surface area contributed by atoms with Crippen molar-refractivity contribution in [3.05, 3.63) is 94.1 Å². The quantitative estimate of drug-likeness (QED) is 0.340. The largest absolute Gasteiger partial charge is 0.350 e. The Bertz CT molecular complexity index is 1360. The van der Waals surface area contributed by atoms with E-state index in [0.717, 1.165) is 16.5 Å². The standard InChI is InChI=1S/C26H21Cl2N3O2/c1-15(2)30-25(32)17-7-9-20(23(28)13-17)26(33)31-18-8-10-22(27)21(14-18)24-19-6-4-3-5-16(19)11-12-29-24/h3-15H,1-2H3,(H,30,32)(H,31,33). The van der Waals surface area contributed by atoms with Crippen LogP contribution in [0.2, 0.25) is 10.0 Å². The molecule has 0 aliphatic heterocycles. The number of aromatic nitrogens is 1. The van der Waals surface area contributed by atoms with E-state index in [9.17, 15) is 9.59 Å². The maximum Gasteiger partial charge on any atom is 0.257 e. The molecule has 0 saturated carbocycles. The summed E-state index contributed by atoms with van der Waals surface area (Å²) in [5.74, 6) is -0.640. The fourth-order valence-electron chi connectivity index (χ4n) is 3.50. The third-order valence-corrected chi connectivity index (χ3v) is 5.69. The molecule has 0 unspecified atom stereocenters. The monoisotopic (exact) mass is 477 g/mol. The van der Waals surface area contributed by atoms with Gasteiger partial charge in [0.05, 0.1) is 21.3 Å². The lowest BCUT2D eigenvalue weighted by Gasteiger charge is -2.12. The van der Waals surface area contributed by atoms with Gasteiger partial charge in [-0.3, -0.25) is 14.6 Å². The Morgan fingerprint density at radius 3 is 2.42 bits per heavy atom. The van der Waals surface area contributed by atoms with Crippen LogP contribution in [0.5, 0.6) is 0 Å². The minimum atomic E-state index is -0.394. The number of benzene rings is 3. The van der Waals surface area contributed by atoms with E-state index in [1.54, 1.807) is 30.5 Å². The fourth-order valence-corrected chi connectivity index (χ4v) is 3.98. The molecule has 0 atom stereocenters. The zero-order chi connectivity index (χ0) is 23.5. The Morgan fingerprint density at radius 1 is 0.879 bits per heavy atom. The summed E-state index contributed by atoms with van der Waals surface area (Å²) >= 11 is 12.8. The summed E-state index contributed by atoms with van der Waals surface area (Å²) in [6.45, 7) is 3.74. The van der Waals surface area contributed by atoms with Crippen LogP contribution in [0.1, 0.15) is 34.6 Å². The van der Waals surface area contributed by atoms with E-state index in [0.29, 0.717) is 21.8 Å². The van der Waals surface area contributed by atoms with Gasteiger partial charge in [-0.15, -0.1) is 0 Å². The van der Waals surface area contributed by atoms with Crippen molar-refractivity contribution in [1.29, 1.82) is 0 Å². The highest BCUT2D eigenvalue weighted by molar-refractivity contribution is 6.35. The second-order valence-electron chi connectivity index (χ2n) is 7.85. The number of amides is 2. The molecule has 166 valence electrons. The number of hydrogen-bond donors (Lipinski definition) is 2. The highest BCUT2D eigenvalue weighted by atomic mass is 35.5. The van der Waals surface area contributed by atoms with Crippen molar-refractivity contribution in [2.45, 2.75) is 19.9 Å². The van der Waals surface area contributed by atoms with E-state index in [2.05, 4.69) is 15.6 Å². The molecule has 4 rings (SSSR count). The first-order chi connectivity index (χ1) is 15.8. The summed E-state index contributed by atoms with van der Waals surface area (Å²) in [6, 6.07) is 19.6. The summed E-state index contributed by atoms with van der Waals surface area (Å²) < 4.78 is 0. The van der Waals surface area contributed by atoms with Crippen LogP contribution in [0.15, 0.2) is 72.9 Å². The number of carbonyl (C=O) groups excluding carboxylic acids is 2. The van der Waals surface area contributed by atoms with Crippen LogP contribution >= 0.6 is 23.2 Å². The van der Waals surface area contributed by atoms with Crippen LogP contribution < -0.4 is 10.6 Å². The van der Waals surface area contributed by atoms with Crippen LogP contribution in [-0.2, 0) is 0 Å².